The maximum Gasteiger partial charge on any atom is 0.159 e. The minimum absolute atomic E-state index is 0.111. The number of benzene rings is 1. The first-order chi connectivity index (χ1) is 9.52. The van der Waals surface area contributed by atoms with Gasteiger partial charge in [-0.3, -0.25) is 0 Å². The molecule has 1 aromatic carbocycles. The summed E-state index contributed by atoms with van der Waals surface area (Å²) in [6, 6.07) is 6.05. The van der Waals surface area contributed by atoms with Crippen molar-refractivity contribution >= 4 is 27.3 Å². The summed E-state index contributed by atoms with van der Waals surface area (Å²) in [7, 11) is 0. The van der Waals surface area contributed by atoms with Crippen LogP contribution in [0.15, 0.2) is 28.1 Å². The molecule has 2 aromatic rings. The van der Waals surface area contributed by atoms with E-state index in [1.165, 1.54) is 12.1 Å². The maximum absolute atomic E-state index is 13.5. The highest BCUT2D eigenvalue weighted by Gasteiger charge is 2.18. The van der Waals surface area contributed by atoms with Crippen molar-refractivity contribution < 1.29 is 8.78 Å². The molecule has 0 radical (unpaired) electrons. The molecule has 20 heavy (non-hydrogen) atoms. The molecule has 0 fully saturated rings. The van der Waals surface area contributed by atoms with E-state index in [2.05, 4.69) is 34.2 Å². The Hall–Kier alpha value is -0.780. The van der Waals surface area contributed by atoms with Crippen LogP contribution in [0.1, 0.15) is 35.4 Å². The van der Waals surface area contributed by atoms with E-state index in [4.69, 9.17) is 0 Å². The molecule has 1 aromatic heterocycles. The van der Waals surface area contributed by atoms with Crippen LogP contribution < -0.4 is 5.32 Å². The Kier molecular flexibility index (Phi) is 5.29. The van der Waals surface area contributed by atoms with Crippen molar-refractivity contribution in [1.29, 1.82) is 0 Å². The molecule has 0 spiro atoms. The molecule has 0 saturated heterocycles. The minimum atomic E-state index is -0.813. The zero-order valence-electron chi connectivity index (χ0n) is 11.3. The number of nitrogens with one attached hydrogen (secondary N) is 1. The summed E-state index contributed by atoms with van der Waals surface area (Å²) < 4.78 is 27.6. The van der Waals surface area contributed by atoms with Crippen LogP contribution in [0.3, 0.4) is 0 Å². The quantitative estimate of drug-likeness (QED) is 0.774. The zero-order valence-corrected chi connectivity index (χ0v) is 13.7. The lowest BCUT2D eigenvalue weighted by Crippen LogP contribution is -2.22. The smallest absolute Gasteiger partial charge is 0.159 e. The third-order valence-electron chi connectivity index (χ3n) is 3.04. The summed E-state index contributed by atoms with van der Waals surface area (Å²) in [5.41, 5.74) is 1.89. The van der Waals surface area contributed by atoms with Gasteiger partial charge in [0.1, 0.15) is 0 Å². The minimum Gasteiger partial charge on any atom is -0.306 e. The van der Waals surface area contributed by atoms with Crippen LogP contribution in [0.2, 0.25) is 0 Å². The highest BCUT2D eigenvalue weighted by atomic mass is 79.9. The number of rotatable bonds is 5. The fourth-order valence-electron chi connectivity index (χ4n) is 1.99. The average molecular weight is 360 g/mol. The van der Waals surface area contributed by atoms with E-state index >= 15 is 0 Å². The van der Waals surface area contributed by atoms with Crippen molar-refractivity contribution in [3.63, 3.8) is 0 Å². The van der Waals surface area contributed by atoms with Crippen LogP contribution in [-0.2, 0) is 0 Å². The van der Waals surface area contributed by atoms with Gasteiger partial charge in [-0.05, 0) is 65.1 Å². The summed E-state index contributed by atoms with van der Waals surface area (Å²) in [6.45, 7) is 4.91. The molecule has 0 bridgehead atoms. The fraction of sp³-hybridized carbons (Fsp3) is 0.333. The van der Waals surface area contributed by atoms with Crippen molar-refractivity contribution in [3.8, 4) is 0 Å². The zero-order chi connectivity index (χ0) is 14.7. The maximum atomic E-state index is 13.5. The van der Waals surface area contributed by atoms with E-state index in [0.29, 0.717) is 0 Å². The van der Waals surface area contributed by atoms with Gasteiger partial charge in [-0.15, -0.1) is 11.3 Å². The van der Waals surface area contributed by atoms with Crippen LogP contribution in [0.25, 0.3) is 0 Å². The van der Waals surface area contributed by atoms with E-state index < -0.39 is 11.6 Å². The van der Waals surface area contributed by atoms with Crippen molar-refractivity contribution in [2.75, 3.05) is 6.54 Å². The van der Waals surface area contributed by atoms with Gasteiger partial charge in [0, 0.05) is 4.88 Å². The Balaban J connectivity index is 2.38. The second-order valence-corrected chi connectivity index (χ2v) is 7.07. The number of aryl methyl sites for hydroxylation is 1. The number of hydrogen-bond donors (Lipinski definition) is 1. The first-order valence-corrected chi connectivity index (χ1v) is 8.08. The Morgan fingerprint density at radius 3 is 2.55 bits per heavy atom. The molecule has 1 N–H and O–H groups in total. The standard InChI is InChI=1S/C15H16BrF2NS/c1-3-6-19-14(13-7-9(2)15(16)20-13)10-4-5-11(17)12(18)8-10/h4-5,7-8,14,19H,3,6H2,1-2H3. The molecule has 0 aliphatic rings. The molecule has 1 nitrogen and oxygen atoms in total. The Bertz CT molecular complexity index is 578. The normalized spacial score (nSPS) is 12.7. The second kappa shape index (κ2) is 6.78. The number of thiophene rings is 1. The SMILES string of the molecule is CCCNC(c1ccc(F)c(F)c1)c1cc(C)c(Br)s1. The van der Waals surface area contributed by atoms with Crippen LogP contribution in [-0.4, -0.2) is 6.54 Å². The van der Waals surface area contributed by atoms with Crippen LogP contribution in [0.5, 0.6) is 0 Å². The van der Waals surface area contributed by atoms with Gasteiger partial charge in [0.15, 0.2) is 11.6 Å². The summed E-state index contributed by atoms with van der Waals surface area (Å²) in [5, 5.41) is 3.39. The predicted molar refractivity (Wildman–Crippen MR) is 83.3 cm³/mol. The topological polar surface area (TPSA) is 12.0 Å². The van der Waals surface area contributed by atoms with E-state index in [9.17, 15) is 8.78 Å². The highest BCUT2D eigenvalue weighted by Crippen LogP contribution is 2.34. The molecule has 1 unspecified atom stereocenters. The highest BCUT2D eigenvalue weighted by molar-refractivity contribution is 9.11. The summed E-state index contributed by atoms with van der Waals surface area (Å²) in [5.74, 6) is -1.62. The number of halogens is 3. The van der Waals surface area contributed by atoms with Crippen LogP contribution >= 0.6 is 27.3 Å². The van der Waals surface area contributed by atoms with Crippen molar-refractivity contribution in [2.45, 2.75) is 26.3 Å². The van der Waals surface area contributed by atoms with Crippen LogP contribution in [0, 0.1) is 18.6 Å². The summed E-state index contributed by atoms with van der Waals surface area (Å²) in [6.07, 6.45) is 0.978. The third-order valence-corrected chi connectivity index (χ3v) is 5.24. The molecule has 0 aliphatic heterocycles. The van der Waals surface area contributed by atoms with E-state index in [0.717, 1.165) is 32.8 Å². The Morgan fingerprint density at radius 1 is 1.25 bits per heavy atom. The van der Waals surface area contributed by atoms with E-state index in [-0.39, 0.29) is 6.04 Å². The molecule has 5 heteroatoms. The molecule has 0 saturated carbocycles. The molecule has 1 heterocycles. The molecule has 0 amide bonds. The second-order valence-electron chi connectivity index (χ2n) is 4.67. The van der Waals surface area contributed by atoms with Gasteiger partial charge >= 0.3 is 0 Å². The van der Waals surface area contributed by atoms with Gasteiger partial charge in [-0.1, -0.05) is 13.0 Å². The van der Waals surface area contributed by atoms with E-state index in [1.807, 2.05) is 6.92 Å². The lowest BCUT2D eigenvalue weighted by atomic mass is 10.0. The number of hydrogen-bond acceptors (Lipinski definition) is 2. The van der Waals surface area contributed by atoms with Gasteiger partial charge in [0.2, 0.25) is 0 Å². The van der Waals surface area contributed by atoms with Crippen LogP contribution in [0.4, 0.5) is 8.78 Å². The molecule has 1 atom stereocenters. The van der Waals surface area contributed by atoms with Gasteiger partial charge in [-0.2, -0.15) is 0 Å². The molecule has 108 valence electrons. The molecule has 2 rings (SSSR count). The summed E-state index contributed by atoms with van der Waals surface area (Å²) in [4.78, 5) is 1.09. The van der Waals surface area contributed by atoms with Gasteiger partial charge in [-0.25, -0.2) is 8.78 Å². The van der Waals surface area contributed by atoms with Crippen molar-refractivity contribution in [3.05, 3.63) is 55.7 Å². The lowest BCUT2D eigenvalue weighted by Gasteiger charge is -2.18. The largest absolute Gasteiger partial charge is 0.306 e. The Labute approximate surface area is 130 Å². The lowest BCUT2D eigenvalue weighted by molar-refractivity contribution is 0.503. The van der Waals surface area contributed by atoms with Gasteiger partial charge in [0.25, 0.3) is 0 Å². The van der Waals surface area contributed by atoms with Gasteiger partial charge in [0.05, 0.1) is 9.83 Å². The summed E-state index contributed by atoms with van der Waals surface area (Å²) >= 11 is 5.12. The van der Waals surface area contributed by atoms with Crippen molar-refractivity contribution in [1.82, 2.24) is 5.32 Å². The molecular formula is C15H16BrF2NS. The van der Waals surface area contributed by atoms with Crippen molar-refractivity contribution in [2.24, 2.45) is 0 Å². The first-order valence-electron chi connectivity index (χ1n) is 6.47. The Morgan fingerprint density at radius 2 is 2.00 bits per heavy atom. The molecular weight excluding hydrogens is 344 g/mol. The first kappa shape index (κ1) is 15.6. The molecule has 0 aliphatic carbocycles. The fourth-order valence-corrected chi connectivity index (χ4v) is 3.66. The predicted octanol–water partition coefficient (Wildman–Crippen LogP) is 5.19. The monoisotopic (exact) mass is 359 g/mol. The average Bonchev–Trinajstić information content (AvgIpc) is 2.74. The third kappa shape index (κ3) is 3.45. The van der Waals surface area contributed by atoms with E-state index in [1.54, 1.807) is 17.4 Å². The van der Waals surface area contributed by atoms with Gasteiger partial charge < -0.3 is 5.32 Å².